The molecule has 0 fully saturated rings. The summed E-state index contributed by atoms with van der Waals surface area (Å²) in [5.74, 6) is 0.783. The summed E-state index contributed by atoms with van der Waals surface area (Å²) in [6.07, 6.45) is 0. The number of tetrazole rings is 1. The molecule has 22 heavy (non-hydrogen) atoms. The van der Waals surface area contributed by atoms with Crippen LogP contribution in [-0.4, -0.2) is 25.0 Å². The predicted molar refractivity (Wildman–Crippen MR) is 87.1 cm³/mol. The van der Waals surface area contributed by atoms with Crippen LogP contribution in [0.2, 0.25) is 5.02 Å². The molecule has 0 unspecified atom stereocenters. The van der Waals surface area contributed by atoms with E-state index in [1.807, 2.05) is 48.5 Å². The largest absolute Gasteiger partial charge is 0.236 e. The molecular weight excluding hydrogens is 318 g/mol. The van der Waals surface area contributed by atoms with Crippen LogP contribution in [0.15, 0.2) is 53.6 Å². The van der Waals surface area contributed by atoms with Gasteiger partial charge < -0.3 is 0 Å². The third kappa shape index (κ3) is 2.40. The molecule has 0 saturated carbocycles. The van der Waals surface area contributed by atoms with Gasteiger partial charge in [-0.15, -0.1) is 5.10 Å². The molecule has 5 nitrogen and oxygen atoms in total. The second-order valence-electron chi connectivity index (χ2n) is 4.74. The number of halogens is 1. The van der Waals surface area contributed by atoms with Gasteiger partial charge in [0.15, 0.2) is 0 Å². The minimum Gasteiger partial charge on any atom is -0.236 e. The Morgan fingerprint density at radius 1 is 1.05 bits per heavy atom. The Bertz CT molecular complexity index is 951. The lowest BCUT2D eigenvalue weighted by atomic mass is 10.2. The summed E-state index contributed by atoms with van der Waals surface area (Å²) >= 11 is 7.52. The first-order chi connectivity index (χ1) is 10.8. The van der Waals surface area contributed by atoms with Crippen molar-refractivity contribution in [3.05, 3.63) is 59.1 Å². The number of aromatic nitrogens is 5. The molecular formula is C15H10ClN5S. The van der Waals surface area contributed by atoms with Crippen LogP contribution in [0.3, 0.4) is 0 Å². The molecule has 0 amide bonds. The van der Waals surface area contributed by atoms with Gasteiger partial charge >= 0.3 is 0 Å². The number of rotatable bonds is 3. The lowest BCUT2D eigenvalue weighted by Gasteiger charge is -2.05. The predicted octanol–water partition coefficient (Wildman–Crippen LogP) is 3.62. The maximum atomic E-state index is 5.91. The average molecular weight is 328 g/mol. The molecule has 0 spiro atoms. The Hall–Kier alpha value is -2.18. The number of hydrogen-bond donors (Lipinski definition) is 0. The second kappa shape index (κ2) is 5.55. The second-order valence-corrected chi connectivity index (χ2v) is 6.14. The van der Waals surface area contributed by atoms with Crippen LogP contribution >= 0.6 is 23.4 Å². The minimum absolute atomic E-state index is 0.678. The Morgan fingerprint density at radius 2 is 1.86 bits per heavy atom. The summed E-state index contributed by atoms with van der Waals surface area (Å²) in [5, 5.41) is 13.5. The van der Waals surface area contributed by atoms with Gasteiger partial charge in [-0.1, -0.05) is 47.6 Å². The average Bonchev–Trinajstić information content (AvgIpc) is 3.04. The van der Waals surface area contributed by atoms with Crippen molar-refractivity contribution in [2.24, 2.45) is 0 Å². The maximum absolute atomic E-state index is 5.91. The van der Waals surface area contributed by atoms with E-state index >= 15 is 0 Å². The van der Waals surface area contributed by atoms with E-state index in [9.17, 15) is 0 Å². The van der Waals surface area contributed by atoms with E-state index in [4.69, 9.17) is 11.6 Å². The lowest BCUT2D eigenvalue weighted by Crippen LogP contribution is -1.96. The standard InChI is InChI=1S/C15H10ClN5S/c16-11-7-5-10(6-8-11)9-22-15-14-18-19-20-21(14)13-4-2-1-3-12(13)17-15/h1-8H,9H2. The van der Waals surface area contributed by atoms with Crippen LogP contribution in [0.1, 0.15) is 5.56 Å². The van der Waals surface area contributed by atoms with Crippen molar-refractivity contribution in [3.63, 3.8) is 0 Å². The monoisotopic (exact) mass is 327 g/mol. The fourth-order valence-corrected chi connectivity index (χ4v) is 3.25. The van der Waals surface area contributed by atoms with Gasteiger partial charge in [0, 0.05) is 10.8 Å². The summed E-state index contributed by atoms with van der Waals surface area (Å²) in [7, 11) is 0. The van der Waals surface area contributed by atoms with Gasteiger partial charge in [0.1, 0.15) is 5.03 Å². The third-order valence-corrected chi connectivity index (χ3v) is 4.56. The van der Waals surface area contributed by atoms with Crippen LogP contribution in [0, 0.1) is 0 Å². The summed E-state index contributed by atoms with van der Waals surface area (Å²) in [6.45, 7) is 0. The number of fused-ring (bicyclic) bond motifs is 3. The van der Waals surface area contributed by atoms with Crippen molar-refractivity contribution in [1.29, 1.82) is 0 Å². The van der Waals surface area contributed by atoms with E-state index in [1.54, 1.807) is 16.3 Å². The van der Waals surface area contributed by atoms with Crippen molar-refractivity contribution < 1.29 is 0 Å². The maximum Gasteiger partial charge on any atom is 0.212 e. The highest BCUT2D eigenvalue weighted by molar-refractivity contribution is 7.98. The van der Waals surface area contributed by atoms with Crippen molar-refractivity contribution >= 4 is 40.0 Å². The summed E-state index contributed by atoms with van der Waals surface area (Å²) in [6, 6.07) is 15.6. The van der Waals surface area contributed by atoms with E-state index < -0.39 is 0 Å². The number of para-hydroxylation sites is 2. The van der Waals surface area contributed by atoms with E-state index in [1.165, 1.54) is 5.56 Å². The summed E-state index contributed by atoms with van der Waals surface area (Å²) < 4.78 is 1.73. The first kappa shape index (κ1) is 13.5. The van der Waals surface area contributed by atoms with Gasteiger partial charge in [0.05, 0.1) is 11.0 Å². The van der Waals surface area contributed by atoms with Gasteiger partial charge in [0.2, 0.25) is 5.65 Å². The highest BCUT2D eigenvalue weighted by Gasteiger charge is 2.11. The zero-order valence-corrected chi connectivity index (χ0v) is 12.9. The zero-order valence-electron chi connectivity index (χ0n) is 11.3. The third-order valence-electron chi connectivity index (χ3n) is 3.28. The Morgan fingerprint density at radius 3 is 2.73 bits per heavy atom. The molecule has 0 radical (unpaired) electrons. The normalized spacial score (nSPS) is 11.3. The molecule has 2 aromatic carbocycles. The Balaban J connectivity index is 1.73. The Labute approximate surface area is 135 Å². The molecule has 0 atom stereocenters. The lowest BCUT2D eigenvalue weighted by molar-refractivity contribution is 0.839. The van der Waals surface area contributed by atoms with Gasteiger partial charge in [-0.05, 0) is 40.3 Å². The van der Waals surface area contributed by atoms with Crippen LogP contribution in [0.4, 0.5) is 0 Å². The molecule has 0 N–H and O–H groups in total. The Kier molecular flexibility index (Phi) is 3.40. The fraction of sp³-hybridized carbons (Fsp3) is 0.0667. The molecule has 2 heterocycles. The van der Waals surface area contributed by atoms with Gasteiger partial charge in [0.25, 0.3) is 0 Å². The van der Waals surface area contributed by atoms with Crippen molar-refractivity contribution in [2.75, 3.05) is 0 Å². The minimum atomic E-state index is 0.678. The number of nitrogens with zero attached hydrogens (tertiary/aromatic N) is 5. The van der Waals surface area contributed by atoms with Crippen molar-refractivity contribution in [1.82, 2.24) is 25.0 Å². The molecule has 4 aromatic rings. The topological polar surface area (TPSA) is 56.0 Å². The van der Waals surface area contributed by atoms with E-state index in [-0.39, 0.29) is 0 Å². The first-order valence-electron chi connectivity index (χ1n) is 6.65. The first-order valence-corrected chi connectivity index (χ1v) is 8.02. The SMILES string of the molecule is Clc1ccc(CSc2nc3ccccc3n3nnnc23)cc1. The molecule has 0 aliphatic rings. The highest BCUT2D eigenvalue weighted by Crippen LogP contribution is 2.27. The van der Waals surface area contributed by atoms with E-state index in [0.717, 1.165) is 26.8 Å². The molecule has 0 saturated heterocycles. The highest BCUT2D eigenvalue weighted by atomic mass is 35.5. The van der Waals surface area contributed by atoms with Crippen LogP contribution in [0.5, 0.6) is 0 Å². The molecule has 108 valence electrons. The number of benzene rings is 2. The zero-order chi connectivity index (χ0) is 14.9. The summed E-state index contributed by atoms with van der Waals surface area (Å²) in [4.78, 5) is 4.68. The van der Waals surface area contributed by atoms with Crippen LogP contribution < -0.4 is 0 Å². The number of hydrogen-bond acceptors (Lipinski definition) is 5. The molecule has 7 heteroatoms. The fourth-order valence-electron chi connectivity index (χ4n) is 2.21. The van der Waals surface area contributed by atoms with Gasteiger partial charge in [-0.3, -0.25) is 0 Å². The molecule has 0 bridgehead atoms. The van der Waals surface area contributed by atoms with E-state index in [0.29, 0.717) is 5.65 Å². The quantitative estimate of drug-likeness (QED) is 0.538. The smallest absolute Gasteiger partial charge is 0.212 e. The van der Waals surface area contributed by atoms with E-state index in [2.05, 4.69) is 20.5 Å². The van der Waals surface area contributed by atoms with Crippen LogP contribution in [0.25, 0.3) is 16.7 Å². The molecule has 0 aliphatic carbocycles. The molecule has 4 rings (SSSR count). The summed E-state index contributed by atoms with van der Waals surface area (Å²) in [5.41, 5.74) is 3.63. The number of thioether (sulfide) groups is 1. The van der Waals surface area contributed by atoms with Gasteiger partial charge in [-0.25, -0.2) is 4.98 Å². The van der Waals surface area contributed by atoms with Crippen molar-refractivity contribution in [3.8, 4) is 0 Å². The van der Waals surface area contributed by atoms with Gasteiger partial charge in [-0.2, -0.15) is 4.52 Å². The van der Waals surface area contributed by atoms with Crippen molar-refractivity contribution in [2.45, 2.75) is 10.8 Å². The molecule has 2 aromatic heterocycles. The van der Waals surface area contributed by atoms with Crippen LogP contribution in [-0.2, 0) is 5.75 Å². The molecule has 0 aliphatic heterocycles.